The molecule has 0 fully saturated rings. The minimum absolute atomic E-state index is 0.692. The number of unbranched alkanes of at least 4 members (excludes halogenated alkanes) is 3. The zero-order valence-electron chi connectivity index (χ0n) is 11.7. The highest BCUT2D eigenvalue weighted by Gasteiger charge is 2.08. The molecule has 104 valence electrons. The molecule has 2 nitrogen and oxygen atoms in total. The largest absolute Gasteiger partial charge is 0.347 e. The molecule has 2 aromatic rings. The van der Waals surface area contributed by atoms with E-state index in [4.69, 9.17) is 17.3 Å². The summed E-state index contributed by atoms with van der Waals surface area (Å²) in [6, 6.07) is 6.15. The van der Waals surface area contributed by atoms with E-state index in [9.17, 15) is 0 Å². The number of hydrogen-bond donors (Lipinski definition) is 1. The Labute approximate surface area is 120 Å². The Bertz CT molecular complexity index is 531. The van der Waals surface area contributed by atoms with Gasteiger partial charge in [-0.25, -0.2) is 0 Å². The van der Waals surface area contributed by atoms with E-state index in [0.717, 1.165) is 18.0 Å². The number of fused-ring (bicyclic) bond motifs is 1. The van der Waals surface area contributed by atoms with E-state index in [1.54, 1.807) is 0 Å². The average molecular weight is 279 g/mol. The van der Waals surface area contributed by atoms with Crippen molar-refractivity contribution in [2.75, 3.05) is 6.54 Å². The van der Waals surface area contributed by atoms with Gasteiger partial charge >= 0.3 is 0 Å². The van der Waals surface area contributed by atoms with E-state index < -0.39 is 0 Å². The fourth-order valence-corrected chi connectivity index (χ4v) is 2.76. The summed E-state index contributed by atoms with van der Waals surface area (Å²) in [5, 5.41) is 2.10. The second kappa shape index (κ2) is 6.97. The molecule has 0 unspecified atom stereocenters. The molecule has 0 spiro atoms. The molecular weight excluding hydrogens is 256 g/mol. The van der Waals surface area contributed by atoms with Gasteiger partial charge in [-0.1, -0.05) is 43.9 Å². The number of aryl methyl sites for hydroxylation is 1. The van der Waals surface area contributed by atoms with Crippen molar-refractivity contribution in [3.8, 4) is 0 Å². The number of benzene rings is 1. The van der Waals surface area contributed by atoms with Gasteiger partial charge in [-0.05, 0) is 37.1 Å². The maximum atomic E-state index is 6.12. The Morgan fingerprint density at radius 2 is 2.05 bits per heavy atom. The fourth-order valence-electron chi connectivity index (χ4n) is 2.59. The molecule has 19 heavy (non-hydrogen) atoms. The van der Waals surface area contributed by atoms with Crippen LogP contribution in [0.4, 0.5) is 0 Å². The predicted molar refractivity (Wildman–Crippen MR) is 83.8 cm³/mol. The lowest BCUT2D eigenvalue weighted by molar-refractivity contribution is 0.593. The number of nitrogens with zero attached hydrogens (tertiary/aromatic N) is 1. The second-order valence-corrected chi connectivity index (χ2v) is 5.54. The molecule has 0 saturated carbocycles. The topological polar surface area (TPSA) is 30.9 Å². The van der Waals surface area contributed by atoms with E-state index in [0.29, 0.717) is 6.54 Å². The van der Waals surface area contributed by atoms with Crippen LogP contribution in [0.15, 0.2) is 24.4 Å². The van der Waals surface area contributed by atoms with E-state index in [1.165, 1.54) is 42.1 Å². The molecule has 0 aliphatic heterocycles. The first-order valence-corrected chi connectivity index (χ1v) is 7.61. The van der Waals surface area contributed by atoms with Gasteiger partial charge in [0.1, 0.15) is 0 Å². The van der Waals surface area contributed by atoms with E-state index in [-0.39, 0.29) is 0 Å². The zero-order valence-corrected chi connectivity index (χ0v) is 12.4. The smallest absolute Gasteiger partial charge is 0.0498 e. The number of nitrogens with two attached hydrogens (primary N) is 1. The van der Waals surface area contributed by atoms with Crippen LogP contribution in [0.3, 0.4) is 0 Å². The molecule has 0 bridgehead atoms. The van der Waals surface area contributed by atoms with Crippen molar-refractivity contribution in [1.29, 1.82) is 0 Å². The van der Waals surface area contributed by atoms with Crippen LogP contribution in [-0.2, 0) is 13.0 Å². The molecule has 1 heterocycles. The number of aromatic nitrogens is 1. The van der Waals surface area contributed by atoms with Gasteiger partial charge in [-0.2, -0.15) is 0 Å². The van der Waals surface area contributed by atoms with Crippen molar-refractivity contribution < 1.29 is 0 Å². The van der Waals surface area contributed by atoms with Crippen LogP contribution >= 0.6 is 11.6 Å². The first-order chi connectivity index (χ1) is 9.26. The average Bonchev–Trinajstić information content (AvgIpc) is 2.73. The van der Waals surface area contributed by atoms with Gasteiger partial charge in [-0.15, -0.1) is 0 Å². The molecule has 0 amide bonds. The summed E-state index contributed by atoms with van der Waals surface area (Å²) in [5.41, 5.74) is 8.28. The number of hydrogen-bond acceptors (Lipinski definition) is 1. The van der Waals surface area contributed by atoms with Gasteiger partial charge in [0.2, 0.25) is 0 Å². The van der Waals surface area contributed by atoms with Crippen molar-refractivity contribution in [1.82, 2.24) is 4.57 Å². The van der Waals surface area contributed by atoms with Crippen LogP contribution < -0.4 is 5.73 Å². The van der Waals surface area contributed by atoms with E-state index in [1.807, 2.05) is 6.07 Å². The van der Waals surface area contributed by atoms with Crippen LogP contribution in [0, 0.1) is 0 Å². The molecule has 1 aromatic carbocycles. The lowest BCUT2D eigenvalue weighted by atomic mass is 10.1. The van der Waals surface area contributed by atoms with Crippen LogP contribution in [0.1, 0.15) is 38.2 Å². The van der Waals surface area contributed by atoms with Crippen molar-refractivity contribution in [3.63, 3.8) is 0 Å². The maximum Gasteiger partial charge on any atom is 0.0498 e. The molecule has 0 saturated heterocycles. The third-order valence-electron chi connectivity index (χ3n) is 3.59. The van der Waals surface area contributed by atoms with Gasteiger partial charge in [0.05, 0.1) is 0 Å². The summed E-state index contributed by atoms with van der Waals surface area (Å²) in [5.74, 6) is 0. The first kappa shape index (κ1) is 14.4. The normalized spacial score (nSPS) is 11.3. The van der Waals surface area contributed by atoms with Gasteiger partial charge in [0.15, 0.2) is 0 Å². The summed E-state index contributed by atoms with van der Waals surface area (Å²) in [6.45, 7) is 4.00. The summed E-state index contributed by atoms with van der Waals surface area (Å²) in [7, 11) is 0. The fraction of sp³-hybridized carbons (Fsp3) is 0.500. The SMILES string of the molecule is CCCCCCn1cc(CCN)c2ccc(Cl)cc21. The molecule has 3 heteroatoms. The van der Waals surface area contributed by atoms with Gasteiger partial charge < -0.3 is 10.3 Å². The highest BCUT2D eigenvalue weighted by molar-refractivity contribution is 6.31. The van der Waals surface area contributed by atoms with E-state index in [2.05, 4.69) is 29.8 Å². The van der Waals surface area contributed by atoms with Crippen molar-refractivity contribution in [2.24, 2.45) is 5.73 Å². The molecule has 2 rings (SSSR count). The second-order valence-electron chi connectivity index (χ2n) is 5.11. The molecular formula is C16H23ClN2. The standard InChI is InChI=1S/C16H23ClN2/c1-2-3-4-5-10-19-12-13(8-9-18)15-7-6-14(17)11-16(15)19/h6-7,11-12H,2-5,8-10,18H2,1H3. The highest BCUT2D eigenvalue weighted by atomic mass is 35.5. The van der Waals surface area contributed by atoms with Gasteiger partial charge in [-0.3, -0.25) is 0 Å². The third kappa shape index (κ3) is 3.52. The van der Waals surface area contributed by atoms with Crippen molar-refractivity contribution in [2.45, 2.75) is 45.6 Å². The Morgan fingerprint density at radius 1 is 1.21 bits per heavy atom. The van der Waals surface area contributed by atoms with Gasteiger partial charge in [0.25, 0.3) is 0 Å². The molecule has 0 atom stereocenters. The minimum atomic E-state index is 0.692. The molecule has 1 aromatic heterocycles. The molecule has 0 radical (unpaired) electrons. The number of rotatable bonds is 7. The van der Waals surface area contributed by atoms with Crippen LogP contribution in [0.5, 0.6) is 0 Å². The van der Waals surface area contributed by atoms with Crippen LogP contribution in [-0.4, -0.2) is 11.1 Å². The Kier molecular flexibility index (Phi) is 5.29. The summed E-state index contributed by atoms with van der Waals surface area (Å²) in [4.78, 5) is 0. The van der Waals surface area contributed by atoms with Crippen molar-refractivity contribution in [3.05, 3.63) is 35.0 Å². The highest BCUT2D eigenvalue weighted by Crippen LogP contribution is 2.25. The summed E-state index contributed by atoms with van der Waals surface area (Å²) in [6.07, 6.45) is 8.29. The zero-order chi connectivity index (χ0) is 13.7. The number of halogens is 1. The monoisotopic (exact) mass is 278 g/mol. The quantitative estimate of drug-likeness (QED) is 0.749. The van der Waals surface area contributed by atoms with Gasteiger partial charge in [0, 0.05) is 28.7 Å². The predicted octanol–water partition coefficient (Wildman–Crippen LogP) is 4.38. The Morgan fingerprint density at radius 3 is 2.79 bits per heavy atom. The Hall–Kier alpha value is -0.990. The molecule has 0 aliphatic carbocycles. The van der Waals surface area contributed by atoms with Crippen LogP contribution in [0.2, 0.25) is 5.02 Å². The summed E-state index contributed by atoms with van der Waals surface area (Å²) < 4.78 is 2.34. The van der Waals surface area contributed by atoms with Crippen molar-refractivity contribution >= 4 is 22.5 Å². The minimum Gasteiger partial charge on any atom is -0.347 e. The third-order valence-corrected chi connectivity index (χ3v) is 3.83. The van der Waals surface area contributed by atoms with E-state index >= 15 is 0 Å². The maximum absolute atomic E-state index is 6.12. The lowest BCUT2D eigenvalue weighted by Crippen LogP contribution is -2.02. The molecule has 2 N–H and O–H groups in total. The molecule has 0 aliphatic rings. The lowest BCUT2D eigenvalue weighted by Gasteiger charge is -2.05. The Balaban J connectivity index is 2.23. The van der Waals surface area contributed by atoms with Crippen LogP contribution in [0.25, 0.3) is 10.9 Å². The first-order valence-electron chi connectivity index (χ1n) is 7.23. The summed E-state index contributed by atoms with van der Waals surface area (Å²) >= 11 is 6.12.